The van der Waals surface area contributed by atoms with Gasteiger partial charge < -0.3 is 19.2 Å². The average Bonchev–Trinajstić information content (AvgIpc) is 2.99. The standard InChI is InChI=1S/C21H21NO4/c1-13-15(16-7-5-6-8-17(16)22-13)9-10-18(23)14-11-19(24-2)21(26-4)20(12-14)25-3/h5-12,22H,1-4H3. The van der Waals surface area contributed by atoms with Crippen LogP contribution in [-0.4, -0.2) is 32.1 Å². The number of hydrogen-bond acceptors (Lipinski definition) is 4. The fourth-order valence-electron chi connectivity index (χ4n) is 2.99. The molecule has 0 radical (unpaired) electrons. The van der Waals surface area contributed by atoms with Crippen molar-refractivity contribution in [1.29, 1.82) is 0 Å². The van der Waals surface area contributed by atoms with Crippen molar-refractivity contribution in [1.82, 2.24) is 4.98 Å². The Morgan fingerprint density at radius 2 is 1.65 bits per heavy atom. The van der Waals surface area contributed by atoms with E-state index < -0.39 is 0 Å². The van der Waals surface area contributed by atoms with E-state index in [1.807, 2.05) is 37.3 Å². The topological polar surface area (TPSA) is 60.6 Å². The Morgan fingerprint density at radius 3 is 2.27 bits per heavy atom. The number of aromatic nitrogens is 1. The summed E-state index contributed by atoms with van der Waals surface area (Å²) < 4.78 is 15.9. The Bertz CT molecular complexity index is 960. The molecule has 1 aromatic heterocycles. The zero-order valence-corrected chi connectivity index (χ0v) is 15.3. The number of hydrogen-bond donors (Lipinski definition) is 1. The van der Waals surface area contributed by atoms with E-state index in [2.05, 4.69) is 4.98 Å². The van der Waals surface area contributed by atoms with E-state index in [9.17, 15) is 4.79 Å². The molecule has 26 heavy (non-hydrogen) atoms. The van der Waals surface area contributed by atoms with Gasteiger partial charge in [0.25, 0.3) is 0 Å². The average molecular weight is 351 g/mol. The molecule has 5 nitrogen and oxygen atoms in total. The Balaban J connectivity index is 1.97. The second kappa shape index (κ2) is 7.35. The van der Waals surface area contributed by atoms with Crippen LogP contribution in [0.3, 0.4) is 0 Å². The van der Waals surface area contributed by atoms with Crippen molar-refractivity contribution in [2.75, 3.05) is 21.3 Å². The van der Waals surface area contributed by atoms with E-state index in [-0.39, 0.29) is 5.78 Å². The highest BCUT2D eigenvalue weighted by atomic mass is 16.5. The molecule has 0 unspecified atom stereocenters. The molecule has 0 aliphatic carbocycles. The Hall–Kier alpha value is -3.21. The second-order valence-electron chi connectivity index (χ2n) is 5.82. The zero-order chi connectivity index (χ0) is 18.7. The van der Waals surface area contributed by atoms with Gasteiger partial charge in [-0.3, -0.25) is 4.79 Å². The molecule has 1 N–H and O–H groups in total. The van der Waals surface area contributed by atoms with Crippen molar-refractivity contribution < 1.29 is 19.0 Å². The van der Waals surface area contributed by atoms with Crippen molar-refractivity contribution in [3.63, 3.8) is 0 Å². The number of carbonyl (C=O) groups excluding carboxylic acids is 1. The summed E-state index contributed by atoms with van der Waals surface area (Å²) in [5.74, 6) is 1.22. The molecule has 0 saturated carbocycles. The fraction of sp³-hybridized carbons (Fsp3) is 0.190. The first-order chi connectivity index (χ1) is 12.6. The molecule has 0 aliphatic heterocycles. The van der Waals surface area contributed by atoms with Crippen molar-refractivity contribution >= 4 is 22.8 Å². The molecule has 134 valence electrons. The molecule has 0 spiro atoms. The minimum absolute atomic E-state index is 0.145. The quantitative estimate of drug-likeness (QED) is 0.528. The van der Waals surface area contributed by atoms with Crippen LogP contribution in [0.2, 0.25) is 0 Å². The maximum absolute atomic E-state index is 12.7. The first-order valence-corrected chi connectivity index (χ1v) is 8.18. The van der Waals surface area contributed by atoms with E-state index >= 15 is 0 Å². The lowest BCUT2D eigenvalue weighted by Gasteiger charge is -2.13. The minimum Gasteiger partial charge on any atom is -0.493 e. The van der Waals surface area contributed by atoms with E-state index in [1.54, 1.807) is 18.2 Å². The molecule has 2 aromatic carbocycles. The highest BCUT2D eigenvalue weighted by molar-refractivity contribution is 6.08. The summed E-state index contributed by atoms with van der Waals surface area (Å²) in [6.45, 7) is 1.99. The summed E-state index contributed by atoms with van der Waals surface area (Å²) in [7, 11) is 4.58. The summed E-state index contributed by atoms with van der Waals surface area (Å²) in [6, 6.07) is 11.3. The van der Waals surface area contributed by atoms with Gasteiger partial charge in [-0.25, -0.2) is 0 Å². The second-order valence-corrected chi connectivity index (χ2v) is 5.82. The number of aromatic amines is 1. The third-order valence-corrected chi connectivity index (χ3v) is 4.29. The van der Waals surface area contributed by atoms with Gasteiger partial charge in [-0.05, 0) is 37.3 Å². The van der Waals surface area contributed by atoms with Crippen LogP contribution in [0.5, 0.6) is 17.2 Å². The van der Waals surface area contributed by atoms with Crippen LogP contribution in [0.15, 0.2) is 42.5 Å². The van der Waals surface area contributed by atoms with Crippen molar-refractivity contribution in [3.05, 3.63) is 59.3 Å². The number of carbonyl (C=O) groups is 1. The number of aryl methyl sites for hydroxylation is 1. The maximum Gasteiger partial charge on any atom is 0.203 e. The van der Waals surface area contributed by atoms with Gasteiger partial charge in [0.1, 0.15) is 0 Å². The first-order valence-electron chi connectivity index (χ1n) is 8.18. The van der Waals surface area contributed by atoms with E-state index in [0.717, 1.165) is 22.2 Å². The van der Waals surface area contributed by atoms with Crippen LogP contribution in [-0.2, 0) is 0 Å². The molecule has 0 saturated heterocycles. The van der Waals surface area contributed by atoms with Crippen molar-refractivity contribution in [3.8, 4) is 17.2 Å². The molecule has 0 atom stereocenters. The van der Waals surface area contributed by atoms with Crippen LogP contribution in [0.1, 0.15) is 21.6 Å². The molecule has 0 fully saturated rings. The Kier molecular flexibility index (Phi) is 4.98. The minimum atomic E-state index is -0.145. The van der Waals surface area contributed by atoms with Gasteiger partial charge in [-0.1, -0.05) is 18.2 Å². The summed E-state index contributed by atoms with van der Waals surface area (Å²) in [4.78, 5) is 16.0. The largest absolute Gasteiger partial charge is 0.493 e. The molecule has 1 heterocycles. The number of H-pyrrole nitrogens is 1. The number of benzene rings is 2. The molecular formula is C21H21NO4. The number of fused-ring (bicyclic) bond motifs is 1. The normalized spacial score (nSPS) is 11.1. The number of allylic oxidation sites excluding steroid dienone is 1. The Labute approximate surface area is 152 Å². The lowest BCUT2D eigenvalue weighted by Crippen LogP contribution is -2.00. The summed E-state index contributed by atoms with van der Waals surface area (Å²) in [6.07, 6.45) is 3.39. The van der Waals surface area contributed by atoms with Gasteiger partial charge in [-0.15, -0.1) is 0 Å². The monoisotopic (exact) mass is 351 g/mol. The maximum atomic E-state index is 12.7. The van der Waals surface area contributed by atoms with Crippen LogP contribution < -0.4 is 14.2 Å². The van der Waals surface area contributed by atoms with Crippen molar-refractivity contribution in [2.24, 2.45) is 0 Å². The van der Waals surface area contributed by atoms with Gasteiger partial charge >= 0.3 is 0 Å². The van der Waals surface area contributed by atoms with Crippen molar-refractivity contribution in [2.45, 2.75) is 6.92 Å². The number of nitrogens with one attached hydrogen (secondary N) is 1. The summed E-state index contributed by atoms with van der Waals surface area (Å²) >= 11 is 0. The highest BCUT2D eigenvalue weighted by Crippen LogP contribution is 2.38. The first kappa shape index (κ1) is 17.6. The number of ketones is 1. The lowest BCUT2D eigenvalue weighted by atomic mass is 10.1. The van der Waals surface area contributed by atoms with E-state index in [4.69, 9.17) is 14.2 Å². The smallest absolute Gasteiger partial charge is 0.203 e. The van der Waals surface area contributed by atoms with Gasteiger partial charge in [0.05, 0.1) is 21.3 Å². The SMILES string of the molecule is COc1cc(C(=O)C=Cc2c(C)[nH]c3ccccc23)cc(OC)c1OC. The van der Waals surface area contributed by atoms with Gasteiger partial charge in [-0.2, -0.15) is 0 Å². The number of para-hydroxylation sites is 1. The fourth-order valence-corrected chi connectivity index (χ4v) is 2.99. The molecule has 3 aromatic rings. The highest BCUT2D eigenvalue weighted by Gasteiger charge is 2.16. The molecule has 0 aliphatic rings. The molecular weight excluding hydrogens is 330 g/mol. The lowest BCUT2D eigenvalue weighted by molar-refractivity contribution is 0.104. The van der Waals surface area contributed by atoms with Crippen LogP contribution >= 0.6 is 0 Å². The molecule has 3 rings (SSSR count). The number of rotatable bonds is 6. The molecule has 0 bridgehead atoms. The Morgan fingerprint density at radius 1 is 1.00 bits per heavy atom. The third-order valence-electron chi connectivity index (χ3n) is 4.29. The molecule has 0 amide bonds. The zero-order valence-electron chi connectivity index (χ0n) is 15.3. The van der Waals surface area contributed by atoms with Crippen LogP contribution in [0.25, 0.3) is 17.0 Å². The van der Waals surface area contributed by atoms with Crippen LogP contribution in [0.4, 0.5) is 0 Å². The number of ether oxygens (including phenoxy) is 3. The predicted octanol–water partition coefficient (Wildman–Crippen LogP) is 4.40. The van der Waals surface area contributed by atoms with Gasteiger partial charge in [0.2, 0.25) is 5.75 Å². The van der Waals surface area contributed by atoms with Crippen LogP contribution in [0, 0.1) is 6.92 Å². The predicted molar refractivity (Wildman–Crippen MR) is 102 cm³/mol. The summed E-state index contributed by atoms with van der Waals surface area (Å²) in [5.41, 5.74) is 3.53. The molecule has 5 heteroatoms. The summed E-state index contributed by atoms with van der Waals surface area (Å²) in [5, 5.41) is 1.08. The van der Waals surface area contributed by atoms with E-state index in [0.29, 0.717) is 22.8 Å². The third kappa shape index (κ3) is 3.16. The van der Waals surface area contributed by atoms with E-state index in [1.165, 1.54) is 21.3 Å². The number of methoxy groups -OCH3 is 3. The van der Waals surface area contributed by atoms with Gasteiger partial charge in [0.15, 0.2) is 17.3 Å². The van der Waals surface area contributed by atoms with Gasteiger partial charge in [0, 0.05) is 27.7 Å².